The van der Waals surface area contributed by atoms with E-state index in [2.05, 4.69) is 44.0 Å². The Kier molecular flexibility index (Phi) is 2.96. The van der Waals surface area contributed by atoms with Crippen LogP contribution in [0.1, 0.15) is 24.2 Å². The maximum absolute atomic E-state index is 4.52. The van der Waals surface area contributed by atoms with Crippen LogP contribution in [-0.2, 0) is 13.0 Å². The van der Waals surface area contributed by atoms with Crippen molar-refractivity contribution >= 4 is 5.69 Å². The molecule has 2 aromatic rings. The van der Waals surface area contributed by atoms with E-state index in [1.807, 2.05) is 6.33 Å². The quantitative estimate of drug-likeness (QED) is 0.905. The van der Waals surface area contributed by atoms with Gasteiger partial charge in [0.2, 0.25) is 0 Å². The molecule has 4 rings (SSSR count). The molecule has 1 saturated heterocycles. The lowest BCUT2D eigenvalue weighted by atomic mass is 10.1. The average molecular weight is 268 g/mol. The Hall–Kier alpha value is -1.81. The molecule has 0 atom stereocenters. The zero-order valence-corrected chi connectivity index (χ0v) is 11.7. The monoisotopic (exact) mass is 268 g/mol. The first-order chi connectivity index (χ1) is 9.92. The topological polar surface area (TPSA) is 33.1 Å². The Morgan fingerprint density at radius 2 is 1.75 bits per heavy atom. The van der Waals surface area contributed by atoms with Gasteiger partial charge in [0.15, 0.2) is 0 Å². The molecule has 1 fully saturated rings. The fourth-order valence-electron chi connectivity index (χ4n) is 3.26. The number of hydrogen-bond donors (Lipinski definition) is 1. The lowest BCUT2D eigenvalue weighted by molar-refractivity contribution is 0.620. The molecule has 104 valence electrons. The lowest BCUT2D eigenvalue weighted by Crippen LogP contribution is -2.24. The van der Waals surface area contributed by atoms with Crippen molar-refractivity contribution in [3.05, 3.63) is 42.0 Å². The highest BCUT2D eigenvalue weighted by Crippen LogP contribution is 2.23. The number of nitrogens with one attached hydrogen (secondary N) is 1. The molecule has 0 unspecified atom stereocenters. The predicted molar refractivity (Wildman–Crippen MR) is 80.4 cm³/mol. The second-order valence-electron chi connectivity index (χ2n) is 5.65. The van der Waals surface area contributed by atoms with E-state index in [4.69, 9.17) is 0 Å². The largest absolute Gasteiger partial charge is 0.372 e. The molecule has 0 spiro atoms. The van der Waals surface area contributed by atoms with Gasteiger partial charge < -0.3 is 14.8 Å². The van der Waals surface area contributed by atoms with Gasteiger partial charge in [0.1, 0.15) is 0 Å². The predicted octanol–water partition coefficient (Wildman–Crippen LogP) is 2.12. The van der Waals surface area contributed by atoms with Crippen LogP contribution in [0.25, 0.3) is 5.69 Å². The third kappa shape index (κ3) is 2.00. The zero-order chi connectivity index (χ0) is 13.4. The van der Waals surface area contributed by atoms with Crippen molar-refractivity contribution < 1.29 is 0 Å². The minimum Gasteiger partial charge on any atom is -0.372 e. The van der Waals surface area contributed by atoms with Gasteiger partial charge >= 0.3 is 0 Å². The number of anilines is 1. The number of benzene rings is 1. The van der Waals surface area contributed by atoms with E-state index in [1.54, 1.807) is 0 Å². The molecule has 1 N–H and O–H groups in total. The SMILES string of the molecule is c1cc(-n2cnc3c2CCNC3)ccc1N1CCCC1. The summed E-state index contributed by atoms with van der Waals surface area (Å²) in [4.78, 5) is 6.99. The van der Waals surface area contributed by atoms with Gasteiger partial charge in [-0.3, -0.25) is 0 Å². The fourth-order valence-corrected chi connectivity index (χ4v) is 3.26. The molecule has 0 bridgehead atoms. The summed E-state index contributed by atoms with van der Waals surface area (Å²) in [6, 6.07) is 8.93. The molecule has 2 aliphatic heterocycles. The van der Waals surface area contributed by atoms with Crippen LogP contribution < -0.4 is 10.2 Å². The van der Waals surface area contributed by atoms with Crippen molar-refractivity contribution in [3.63, 3.8) is 0 Å². The molecule has 0 radical (unpaired) electrons. The summed E-state index contributed by atoms with van der Waals surface area (Å²) >= 11 is 0. The van der Waals surface area contributed by atoms with E-state index in [0.717, 1.165) is 19.5 Å². The summed E-state index contributed by atoms with van der Waals surface area (Å²) in [6.07, 6.45) is 5.67. The van der Waals surface area contributed by atoms with E-state index in [9.17, 15) is 0 Å². The van der Waals surface area contributed by atoms with Crippen LogP contribution in [-0.4, -0.2) is 29.2 Å². The standard InChI is InChI=1S/C16H20N4/c1-2-10-19(9-1)13-3-5-14(6-4-13)20-12-18-15-11-17-8-7-16(15)20/h3-6,12,17H,1-2,7-11H2. The number of imidazole rings is 1. The van der Waals surface area contributed by atoms with E-state index < -0.39 is 0 Å². The van der Waals surface area contributed by atoms with Gasteiger partial charge in [-0.05, 0) is 37.1 Å². The Labute approximate surface area is 119 Å². The van der Waals surface area contributed by atoms with E-state index in [-0.39, 0.29) is 0 Å². The van der Waals surface area contributed by atoms with Crippen LogP contribution in [0.15, 0.2) is 30.6 Å². The molecule has 0 amide bonds. The minimum atomic E-state index is 0.897. The third-order valence-corrected chi connectivity index (χ3v) is 4.38. The second kappa shape index (κ2) is 4.94. The zero-order valence-electron chi connectivity index (χ0n) is 11.7. The minimum absolute atomic E-state index is 0.897. The highest BCUT2D eigenvalue weighted by atomic mass is 15.1. The van der Waals surface area contributed by atoms with Crippen molar-refractivity contribution in [1.29, 1.82) is 0 Å². The summed E-state index contributed by atoms with van der Waals surface area (Å²) in [5, 5.41) is 3.37. The van der Waals surface area contributed by atoms with Gasteiger partial charge in [-0.15, -0.1) is 0 Å². The van der Waals surface area contributed by atoms with Gasteiger partial charge in [0.25, 0.3) is 0 Å². The van der Waals surface area contributed by atoms with E-state index in [1.165, 1.54) is 48.7 Å². The normalized spacial score (nSPS) is 18.3. The number of hydrogen-bond acceptors (Lipinski definition) is 3. The molecule has 4 nitrogen and oxygen atoms in total. The second-order valence-corrected chi connectivity index (χ2v) is 5.65. The van der Waals surface area contributed by atoms with Gasteiger partial charge in [-0.1, -0.05) is 0 Å². The lowest BCUT2D eigenvalue weighted by Gasteiger charge is -2.19. The molecule has 20 heavy (non-hydrogen) atoms. The average Bonchev–Trinajstić information content (AvgIpc) is 3.17. The fraction of sp³-hybridized carbons (Fsp3) is 0.438. The first-order valence-electron chi connectivity index (χ1n) is 7.53. The van der Waals surface area contributed by atoms with E-state index >= 15 is 0 Å². The highest BCUT2D eigenvalue weighted by Gasteiger charge is 2.16. The van der Waals surface area contributed by atoms with Crippen LogP contribution in [0.2, 0.25) is 0 Å². The number of aromatic nitrogens is 2. The summed E-state index contributed by atoms with van der Waals surface area (Å²) in [5.41, 5.74) is 5.13. The van der Waals surface area contributed by atoms with Crippen molar-refractivity contribution in [2.45, 2.75) is 25.8 Å². The molecule has 0 aliphatic carbocycles. The summed E-state index contributed by atoms with van der Waals surface area (Å²) in [6.45, 7) is 4.34. The van der Waals surface area contributed by atoms with Crippen molar-refractivity contribution in [2.75, 3.05) is 24.5 Å². The molecule has 2 aliphatic rings. The Bertz CT molecular complexity index is 593. The van der Waals surface area contributed by atoms with Gasteiger partial charge in [0, 0.05) is 49.7 Å². The Morgan fingerprint density at radius 1 is 1.00 bits per heavy atom. The first-order valence-corrected chi connectivity index (χ1v) is 7.53. The van der Waals surface area contributed by atoms with E-state index in [0.29, 0.717) is 0 Å². The summed E-state index contributed by atoms with van der Waals surface area (Å²) in [7, 11) is 0. The molecule has 1 aromatic heterocycles. The van der Waals surface area contributed by atoms with Crippen LogP contribution in [0.4, 0.5) is 5.69 Å². The Balaban J connectivity index is 1.64. The number of nitrogens with zero attached hydrogens (tertiary/aromatic N) is 3. The maximum Gasteiger partial charge on any atom is 0.0998 e. The number of fused-ring (bicyclic) bond motifs is 1. The van der Waals surface area contributed by atoms with Gasteiger partial charge in [0.05, 0.1) is 12.0 Å². The Morgan fingerprint density at radius 3 is 2.55 bits per heavy atom. The molecular formula is C16H20N4. The third-order valence-electron chi connectivity index (χ3n) is 4.38. The molecule has 1 aromatic carbocycles. The highest BCUT2D eigenvalue weighted by molar-refractivity contribution is 5.52. The number of rotatable bonds is 2. The summed E-state index contributed by atoms with van der Waals surface area (Å²) < 4.78 is 2.24. The van der Waals surface area contributed by atoms with Gasteiger partial charge in [-0.2, -0.15) is 0 Å². The molecular weight excluding hydrogens is 248 g/mol. The van der Waals surface area contributed by atoms with Crippen LogP contribution in [0.3, 0.4) is 0 Å². The first kappa shape index (κ1) is 12.0. The summed E-state index contributed by atoms with van der Waals surface area (Å²) in [5.74, 6) is 0. The molecule has 3 heterocycles. The van der Waals surface area contributed by atoms with Crippen molar-refractivity contribution in [2.24, 2.45) is 0 Å². The van der Waals surface area contributed by atoms with Crippen molar-refractivity contribution in [1.82, 2.24) is 14.9 Å². The smallest absolute Gasteiger partial charge is 0.0998 e. The molecule has 4 heteroatoms. The van der Waals surface area contributed by atoms with Crippen LogP contribution >= 0.6 is 0 Å². The maximum atomic E-state index is 4.52. The molecule has 0 saturated carbocycles. The van der Waals surface area contributed by atoms with Gasteiger partial charge in [-0.25, -0.2) is 4.98 Å². The van der Waals surface area contributed by atoms with Crippen molar-refractivity contribution in [3.8, 4) is 5.69 Å². The van der Waals surface area contributed by atoms with Crippen LogP contribution in [0, 0.1) is 0 Å². The van der Waals surface area contributed by atoms with Crippen LogP contribution in [0.5, 0.6) is 0 Å².